The largest absolute Gasteiger partial charge is 0.444 e. The van der Waals surface area contributed by atoms with E-state index in [-0.39, 0.29) is 6.08 Å². The van der Waals surface area contributed by atoms with E-state index in [0.29, 0.717) is 6.08 Å². The minimum absolute atomic E-state index is 0.0310. The molecule has 0 aliphatic rings. The number of rotatable bonds is 2. The van der Waals surface area contributed by atoms with Crippen molar-refractivity contribution in [2.45, 2.75) is 6.18 Å². The highest BCUT2D eigenvalue weighted by Crippen LogP contribution is 2.15. The Labute approximate surface area is 66.1 Å². The summed E-state index contributed by atoms with van der Waals surface area (Å²) in [6, 6.07) is 0. The first kappa shape index (κ1) is 10.8. The third-order valence-corrected chi connectivity index (χ3v) is 0.735. The van der Waals surface area contributed by atoms with Gasteiger partial charge in [-0.2, -0.15) is 13.2 Å². The average molecular weight is 184 g/mol. The van der Waals surface area contributed by atoms with Crippen molar-refractivity contribution in [3.05, 3.63) is 12.2 Å². The molecule has 0 bridgehead atoms. The summed E-state index contributed by atoms with van der Waals surface area (Å²) in [5.41, 5.74) is 1.59. The summed E-state index contributed by atoms with van der Waals surface area (Å²) in [6.07, 6.45) is -4.74. The molecule has 0 spiro atoms. The summed E-state index contributed by atoms with van der Waals surface area (Å²) in [4.78, 5) is 10.2. The number of carbonyl (C=O) groups excluding carboxylic acids is 1. The van der Waals surface area contributed by atoms with E-state index in [1.54, 1.807) is 5.43 Å². The van der Waals surface area contributed by atoms with Crippen molar-refractivity contribution in [1.29, 1.82) is 0 Å². The minimum Gasteiger partial charge on any atom is -0.444 e. The number of halogens is 3. The van der Waals surface area contributed by atoms with Crippen LogP contribution in [-0.2, 0) is 4.74 Å². The quantitative estimate of drug-likeness (QED) is 0.287. The van der Waals surface area contributed by atoms with Crippen molar-refractivity contribution in [3.8, 4) is 0 Å². The summed E-state index contributed by atoms with van der Waals surface area (Å²) >= 11 is 0. The number of hydrogen-bond donors (Lipinski definition) is 2. The van der Waals surface area contributed by atoms with Crippen LogP contribution in [-0.4, -0.2) is 18.9 Å². The molecule has 1 amide bonds. The zero-order chi connectivity index (χ0) is 9.61. The molecule has 4 nitrogen and oxygen atoms in total. The maximum Gasteiger partial charge on any atom is 0.421 e. The number of alkyl halides is 3. The number of ether oxygens (including phenoxy) is 1. The van der Waals surface area contributed by atoms with Gasteiger partial charge in [0.1, 0.15) is 6.61 Å². The van der Waals surface area contributed by atoms with Gasteiger partial charge >= 0.3 is 12.3 Å². The third kappa shape index (κ3) is 6.87. The minimum atomic E-state index is -4.39. The van der Waals surface area contributed by atoms with Gasteiger partial charge in [-0.15, -0.1) is 0 Å². The van der Waals surface area contributed by atoms with Crippen molar-refractivity contribution < 1.29 is 22.7 Å². The summed E-state index contributed by atoms with van der Waals surface area (Å²) in [7, 11) is 0. The Morgan fingerprint density at radius 1 is 1.58 bits per heavy atom. The SMILES string of the molecule is NNC(=O)OC/C=C/C(F)(F)F. The fraction of sp³-hybridized carbons (Fsp3) is 0.400. The monoisotopic (exact) mass is 184 g/mol. The zero-order valence-corrected chi connectivity index (χ0v) is 5.89. The van der Waals surface area contributed by atoms with Gasteiger partial charge in [0.25, 0.3) is 0 Å². The van der Waals surface area contributed by atoms with Crippen LogP contribution in [0.5, 0.6) is 0 Å². The predicted octanol–water partition coefficient (Wildman–Crippen LogP) is 0.705. The Morgan fingerprint density at radius 3 is 2.58 bits per heavy atom. The van der Waals surface area contributed by atoms with E-state index in [1.807, 2.05) is 0 Å². The number of amides is 1. The fourth-order valence-corrected chi connectivity index (χ4v) is 0.347. The molecule has 0 radical (unpaired) electrons. The van der Waals surface area contributed by atoms with Crippen LogP contribution in [0.15, 0.2) is 12.2 Å². The molecule has 0 unspecified atom stereocenters. The van der Waals surface area contributed by atoms with Crippen molar-refractivity contribution in [1.82, 2.24) is 5.43 Å². The van der Waals surface area contributed by atoms with E-state index < -0.39 is 18.9 Å². The van der Waals surface area contributed by atoms with Gasteiger partial charge in [-0.25, -0.2) is 10.6 Å². The Kier molecular flexibility index (Phi) is 4.12. The standard InChI is InChI=1S/C5H7F3N2O2/c6-5(7,8)2-1-3-12-4(11)10-9/h1-2H,3,9H2,(H,10,11)/b2-1+. The summed E-state index contributed by atoms with van der Waals surface area (Å²) in [5, 5.41) is 0. The second kappa shape index (κ2) is 4.60. The molecule has 0 heterocycles. The maximum atomic E-state index is 11.4. The Hall–Kier alpha value is -1.24. The van der Waals surface area contributed by atoms with Crippen molar-refractivity contribution in [2.75, 3.05) is 6.61 Å². The van der Waals surface area contributed by atoms with Crippen LogP contribution in [0.3, 0.4) is 0 Å². The Bertz CT molecular complexity index is 178. The van der Waals surface area contributed by atoms with E-state index in [1.165, 1.54) is 0 Å². The lowest BCUT2D eigenvalue weighted by molar-refractivity contribution is -0.0802. The highest BCUT2D eigenvalue weighted by molar-refractivity contribution is 5.66. The van der Waals surface area contributed by atoms with Gasteiger partial charge in [0.2, 0.25) is 0 Å². The lowest BCUT2D eigenvalue weighted by Gasteiger charge is -1.99. The van der Waals surface area contributed by atoms with Gasteiger partial charge in [-0.3, -0.25) is 5.43 Å². The molecule has 0 aromatic carbocycles. The molecule has 0 atom stereocenters. The highest BCUT2D eigenvalue weighted by atomic mass is 19.4. The predicted molar refractivity (Wildman–Crippen MR) is 33.9 cm³/mol. The van der Waals surface area contributed by atoms with E-state index in [9.17, 15) is 18.0 Å². The van der Waals surface area contributed by atoms with Crippen LogP contribution in [0.1, 0.15) is 0 Å². The first-order chi connectivity index (χ1) is 5.45. The molecule has 12 heavy (non-hydrogen) atoms. The van der Waals surface area contributed by atoms with Gasteiger partial charge in [0.05, 0.1) is 0 Å². The number of carbonyl (C=O) groups is 1. The van der Waals surface area contributed by atoms with Gasteiger partial charge in [0, 0.05) is 6.08 Å². The molecular weight excluding hydrogens is 177 g/mol. The first-order valence-electron chi connectivity index (χ1n) is 2.83. The molecular formula is C5H7F3N2O2. The van der Waals surface area contributed by atoms with Crippen molar-refractivity contribution in [3.63, 3.8) is 0 Å². The number of hydrogen-bond acceptors (Lipinski definition) is 3. The molecule has 0 aliphatic heterocycles. The summed E-state index contributed by atoms with van der Waals surface area (Å²) < 4.78 is 38.3. The molecule has 0 fully saturated rings. The van der Waals surface area contributed by atoms with E-state index in [0.717, 1.165) is 0 Å². The molecule has 0 aliphatic carbocycles. The zero-order valence-electron chi connectivity index (χ0n) is 5.89. The van der Waals surface area contributed by atoms with Crippen LogP contribution in [0, 0.1) is 0 Å². The second-order valence-electron chi connectivity index (χ2n) is 1.69. The molecule has 0 saturated heterocycles. The van der Waals surface area contributed by atoms with Crippen LogP contribution < -0.4 is 11.3 Å². The molecule has 70 valence electrons. The molecule has 7 heteroatoms. The first-order valence-corrected chi connectivity index (χ1v) is 2.83. The van der Waals surface area contributed by atoms with Crippen LogP contribution in [0.25, 0.3) is 0 Å². The van der Waals surface area contributed by atoms with Gasteiger partial charge in [-0.05, 0) is 6.08 Å². The van der Waals surface area contributed by atoms with E-state index in [2.05, 4.69) is 10.6 Å². The van der Waals surface area contributed by atoms with Crippen LogP contribution in [0.4, 0.5) is 18.0 Å². The average Bonchev–Trinajstić information content (AvgIpc) is 1.96. The number of nitrogens with two attached hydrogens (primary N) is 1. The highest BCUT2D eigenvalue weighted by Gasteiger charge is 2.21. The lowest BCUT2D eigenvalue weighted by Crippen LogP contribution is -2.30. The van der Waals surface area contributed by atoms with Gasteiger partial charge in [-0.1, -0.05) is 0 Å². The lowest BCUT2D eigenvalue weighted by atomic mass is 10.5. The summed E-state index contributed by atoms with van der Waals surface area (Å²) in [6.45, 7) is -0.470. The third-order valence-electron chi connectivity index (χ3n) is 0.735. The molecule has 3 N–H and O–H groups in total. The van der Waals surface area contributed by atoms with Crippen molar-refractivity contribution >= 4 is 6.09 Å². The molecule has 0 aromatic heterocycles. The Balaban J connectivity index is 3.56. The normalized spacial score (nSPS) is 11.7. The van der Waals surface area contributed by atoms with E-state index >= 15 is 0 Å². The van der Waals surface area contributed by atoms with Crippen LogP contribution in [0.2, 0.25) is 0 Å². The van der Waals surface area contributed by atoms with Gasteiger partial charge < -0.3 is 4.74 Å². The summed E-state index contributed by atoms with van der Waals surface area (Å²) in [5.74, 6) is 4.57. The molecule has 0 rings (SSSR count). The van der Waals surface area contributed by atoms with Crippen molar-refractivity contribution in [2.24, 2.45) is 5.84 Å². The van der Waals surface area contributed by atoms with Crippen LogP contribution >= 0.6 is 0 Å². The number of hydrazine groups is 1. The van der Waals surface area contributed by atoms with Gasteiger partial charge in [0.15, 0.2) is 0 Å². The number of allylic oxidation sites excluding steroid dienone is 1. The number of nitrogens with one attached hydrogen (secondary N) is 1. The topological polar surface area (TPSA) is 64.3 Å². The van der Waals surface area contributed by atoms with E-state index in [4.69, 9.17) is 0 Å². The fourth-order valence-electron chi connectivity index (χ4n) is 0.347. The smallest absolute Gasteiger partial charge is 0.421 e. The Morgan fingerprint density at radius 2 is 2.17 bits per heavy atom. The molecule has 0 saturated carbocycles. The molecule has 0 aromatic rings. The maximum absolute atomic E-state index is 11.4. The second-order valence-corrected chi connectivity index (χ2v) is 1.69.